The first-order chi connectivity index (χ1) is 8.17. The van der Waals surface area contributed by atoms with Gasteiger partial charge in [-0.1, -0.05) is 19.4 Å². The zero-order valence-electron chi connectivity index (χ0n) is 10.7. The smallest absolute Gasteiger partial charge is 0.131 e. The van der Waals surface area contributed by atoms with Gasteiger partial charge >= 0.3 is 0 Å². The van der Waals surface area contributed by atoms with Crippen LogP contribution in [0, 0.1) is 11.7 Å². The summed E-state index contributed by atoms with van der Waals surface area (Å²) in [5.74, 6) is 1.19. The van der Waals surface area contributed by atoms with E-state index in [0.29, 0.717) is 17.4 Å². The minimum Gasteiger partial charge on any atom is -0.496 e. The van der Waals surface area contributed by atoms with Crippen molar-refractivity contribution in [3.63, 3.8) is 0 Å². The maximum Gasteiger partial charge on any atom is 0.131 e. The van der Waals surface area contributed by atoms with Crippen LogP contribution in [-0.4, -0.2) is 13.2 Å². The highest BCUT2D eigenvalue weighted by atomic mass is 19.1. The van der Waals surface area contributed by atoms with E-state index < -0.39 is 0 Å². The second-order valence-corrected chi connectivity index (χ2v) is 4.75. The van der Waals surface area contributed by atoms with Crippen molar-refractivity contribution in [3.8, 4) is 5.75 Å². The highest BCUT2D eigenvalue weighted by Gasteiger charge is 2.36. The van der Waals surface area contributed by atoms with E-state index in [1.54, 1.807) is 19.2 Å². The second kappa shape index (κ2) is 5.05. The van der Waals surface area contributed by atoms with E-state index in [2.05, 4.69) is 12.2 Å². The standard InChI is InChI=1S/C14H20FNO/c1-4-10-8-12(10)16-9(2)14-11(15)6-5-7-13(14)17-3/h5-7,9-10,12,16H,4,8H2,1-3H3. The van der Waals surface area contributed by atoms with Crippen LogP contribution in [0.1, 0.15) is 38.3 Å². The van der Waals surface area contributed by atoms with E-state index in [-0.39, 0.29) is 11.9 Å². The summed E-state index contributed by atoms with van der Waals surface area (Å²) in [6.45, 7) is 4.19. The van der Waals surface area contributed by atoms with Crippen molar-refractivity contribution in [2.45, 2.75) is 38.8 Å². The molecule has 0 saturated heterocycles. The summed E-state index contributed by atoms with van der Waals surface area (Å²) in [6, 6.07) is 5.50. The van der Waals surface area contributed by atoms with E-state index in [9.17, 15) is 4.39 Å². The van der Waals surface area contributed by atoms with Gasteiger partial charge in [-0.15, -0.1) is 0 Å². The molecule has 0 amide bonds. The molecular formula is C14H20FNO. The van der Waals surface area contributed by atoms with Gasteiger partial charge in [-0.3, -0.25) is 0 Å². The zero-order valence-corrected chi connectivity index (χ0v) is 10.7. The van der Waals surface area contributed by atoms with Crippen molar-refractivity contribution < 1.29 is 9.13 Å². The number of hydrogen-bond donors (Lipinski definition) is 1. The minimum atomic E-state index is -0.196. The largest absolute Gasteiger partial charge is 0.496 e. The van der Waals surface area contributed by atoms with Crippen molar-refractivity contribution in [1.29, 1.82) is 0 Å². The van der Waals surface area contributed by atoms with Crippen LogP contribution in [0.2, 0.25) is 0 Å². The van der Waals surface area contributed by atoms with Gasteiger partial charge in [0.2, 0.25) is 0 Å². The average molecular weight is 237 g/mol. The fourth-order valence-electron chi connectivity index (χ4n) is 2.42. The number of benzene rings is 1. The molecule has 0 bridgehead atoms. The molecular weight excluding hydrogens is 217 g/mol. The zero-order chi connectivity index (χ0) is 12.4. The Labute approximate surface area is 102 Å². The third kappa shape index (κ3) is 2.60. The van der Waals surface area contributed by atoms with Crippen LogP contribution in [-0.2, 0) is 0 Å². The molecule has 1 N–H and O–H groups in total. The Morgan fingerprint density at radius 1 is 1.53 bits per heavy atom. The maximum absolute atomic E-state index is 13.8. The lowest BCUT2D eigenvalue weighted by molar-refractivity contribution is 0.392. The topological polar surface area (TPSA) is 21.3 Å². The summed E-state index contributed by atoms with van der Waals surface area (Å²) in [5.41, 5.74) is 0.636. The quantitative estimate of drug-likeness (QED) is 0.848. The number of halogens is 1. The molecule has 1 aliphatic carbocycles. The number of ether oxygens (including phenoxy) is 1. The van der Waals surface area contributed by atoms with Gasteiger partial charge in [-0.05, 0) is 31.4 Å². The lowest BCUT2D eigenvalue weighted by Gasteiger charge is -2.18. The van der Waals surface area contributed by atoms with Gasteiger partial charge in [-0.25, -0.2) is 4.39 Å². The van der Waals surface area contributed by atoms with Crippen LogP contribution in [0.25, 0.3) is 0 Å². The molecule has 0 aromatic heterocycles. The van der Waals surface area contributed by atoms with Crippen molar-refractivity contribution in [3.05, 3.63) is 29.6 Å². The molecule has 3 unspecified atom stereocenters. The van der Waals surface area contributed by atoms with Crippen molar-refractivity contribution >= 4 is 0 Å². The molecule has 1 fully saturated rings. The van der Waals surface area contributed by atoms with Crippen LogP contribution in [0.3, 0.4) is 0 Å². The van der Waals surface area contributed by atoms with Crippen molar-refractivity contribution in [1.82, 2.24) is 5.32 Å². The summed E-state index contributed by atoms with van der Waals surface area (Å²) >= 11 is 0. The number of rotatable bonds is 5. The average Bonchev–Trinajstić information content (AvgIpc) is 3.06. The molecule has 2 rings (SSSR count). The Morgan fingerprint density at radius 3 is 2.88 bits per heavy atom. The molecule has 94 valence electrons. The Kier molecular flexibility index (Phi) is 3.67. The van der Waals surface area contributed by atoms with Gasteiger partial charge in [0.05, 0.1) is 7.11 Å². The molecule has 1 aromatic carbocycles. The maximum atomic E-state index is 13.8. The third-order valence-electron chi connectivity index (χ3n) is 3.58. The lowest BCUT2D eigenvalue weighted by atomic mass is 10.1. The molecule has 1 aromatic rings. The van der Waals surface area contributed by atoms with Crippen molar-refractivity contribution in [2.75, 3.05) is 7.11 Å². The van der Waals surface area contributed by atoms with E-state index in [0.717, 1.165) is 5.92 Å². The number of hydrogen-bond acceptors (Lipinski definition) is 2. The number of nitrogens with one attached hydrogen (secondary N) is 1. The predicted molar refractivity (Wildman–Crippen MR) is 66.7 cm³/mol. The van der Waals surface area contributed by atoms with Gasteiger partial charge in [0.25, 0.3) is 0 Å². The van der Waals surface area contributed by atoms with Crippen LogP contribution in [0.4, 0.5) is 4.39 Å². The monoisotopic (exact) mass is 237 g/mol. The van der Waals surface area contributed by atoms with Gasteiger partial charge in [0.15, 0.2) is 0 Å². The normalized spacial score (nSPS) is 24.5. The Morgan fingerprint density at radius 2 is 2.29 bits per heavy atom. The summed E-state index contributed by atoms with van der Waals surface area (Å²) in [7, 11) is 1.58. The second-order valence-electron chi connectivity index (χ2n) is 4.75. The molecule has 0 radical (unpaired) electrons. The van der Waals surface area contributed by atoms with E-state index in [1.165, 1.54) is 18.9 Å². The lowest BCUT2D eigenvalue weighted by Crippen LogP contribution is -2.23. The van der Waals surface area contributed by atoms with Gasteiger partial charge in [0, 0.05) is 17.6 Å². The summed E-state index contributed by atoms with van der Waals surface area (Å²) in [4.78, 5) is 0. The molecule has 3 atom stereocenters. The third-order valence-corrected chi connectivity index (χ3v) is 3.58. The molecule has 0 spiro atoms. The molecule has 0 heterocycles. The van der Waals surface area contributed by atoms with E-state index in [4.69, 9.17) is 4.74 Å². The fourth-order valence-corrected chi connectivity index (χ4v) is 2.42. The van der Waals surface area contributed by atoms with Gasteiger partial charge in [-0.2, -0.15) is 0 Å². The van der Waals surface area contributed by atoms with Crippen LogP contribution < -0.4 is 10.1 Å². The molecule has 0 aliphatic heterocycles. The predicted octanol–water partition coefficient (Wildman–Crippen LogP) is 3.28. The van der Waals surface area contributed by atoms with Crippen LogP contribution >= 0.6 is 0 Å². The summed E-state index contributed by atoms with van der Waals surface area (Å²) in [5, 5.41) is 3.47. The molecule has 1 aliphatic rings. The van der Waals surface area contributed by atoms with E-state index in [1.807, 2.05) is 6.92 Å². The fraction of sp³-hybridized carbons (Fsp3) is 0.571. The summed E-state index contributed by atoms with van der Waals surface area (Å²) < 4.78 is 19.0. The molecule has 3 heteroatoms. The Bertz CT molecular complexity index is 394. The number of methoxy groups -OCH3 is 1. The minimum absolute atomic E-state index is 0.00676. The molecule has 1 saturated carbocycles. The first-order valence-electron chi connectivity index (χ1n) is 6.25. The van der Waals surface area contributed by atoms with Crippen molar-refractivity contribution in [2.24, 2.45) is 5.92 Å². The van der Waals surface area contributed by atoms with Gasteiger partial charge < -0.3 is 10.1 Å². The van der Waals surface area contributed by atoms with Gasteiger partial charge in [0.1, 0.15) is 11.6 Å². The molecule has 2 nitrogen and oxygen atoms in total. The highest BCUT2D eigenvalue weighted by molar-refractivity contribution is 5.37. The molecule has 17 heavy (non-hydrogen) atoms. The first kappa shape index (κ1) is 12.4. The van der Waals surface area contributed by atoms with E-state index >= 15 is 0 Å². The SMILES string of the molecule is CCC1CC1NC(C)c1c(F)cccc1OC. The Balaban J connectivity index is 2.10. The van der Waals surface area contributed by atoms with Crippen LogP contribution in [0.15, 0.2) is 18.2 Å². The van der Waals surface area contributed by atoms with Crippen LogP contribution in [0.5, 0.6) is 5.75 Å². The first-order valence-corrected chi connectivity index (χ1v) is 6.25. The Hall–Kier alpha value is -1.09. The highest BCUT2D eigenvalue weighted by Crippen LogP contribution is 2.36. The summed E-state index contributed by atoms with van der Waals surface area (Å²) in [6.07, 6.45) is 2.40.